The molecule has 0 spiro atoms. The predicted octanol–water partition coefficient (Wildman–Crippen LogP) is 3.55. The lowest BCUT2D eigenvalue weighted by atomic mass is 10.1. The average molecular weight is 381 g/mol. The third-order valence-corrected chi connectivity index (χ3v) is 5.55. The van der Waals surface area contributed by atoms with Crippen LogP contribution in [0.3, 0.4) is 0 Å². The Morgan fingerprint density at radius 3 is 1.89 bits per heavy atom. The lowest BCUT2D eigenvalue weighted by Gasteiger charge is -2.17. The van der Waals surface area contributed by atoms with E-state index in [1.54, 1.807) is 42.5 Å². The highest BCUT2D eigenvalue weighted by molar-refractivity contribution is 7.89. The van der Waals surface area contributed by atoms with Gasteiger partial charge in [0.15, 0.2) is 0 Å². The number of carbonyl (C=O) groups excluding carboxylic acids is 1. The van der Waals surface area contributed by atoms with Crippen LogP contribution in [-0.4, -0.2) is 21.5 Å². The van der Waals surface area contributed by atoms with Crippen molar-refractivity contribution in [1.82, 2.24) is 4.72 Å². The topological polar surface area (TPSA) is 72.5 Å². The van der Waals surface area contributed by atoms with Gasteiger partial charge in [0.2, 0.25) is 10.0 Å². The number of nitrogens with one attached hydrogen (secondary N) is 1. The van der Waals surface area contributed by atoms with Crippen LogP contribution in [0.4, 0.5) is 0 Å². The predicted molar refractivity (Wildman–Crippen MR) is 103 cm³/mol. The SMILES string of the molecule is COC(=O)C(NS(=O)(=O)c1ccc(-c2ccccc2)cc1)c1ccccc1. The van der Waals surface area contributed by atoms with E-state index in [4.69, 9.17) is 4.74 Å². The lowest BCUT2D eigenvalue weighted by Crippen LogP contribution is -2.34. The second kappa shape index (κ2) is 8.16. The molecule has 138 valence electrons. The van der Waals surface area contributed by atoms with Crippen molar-refractivity contribution in [3.8, 4) is 11.1 Å². The zero-order valence-corrected chi connectivity index (χ0v) is 15.5. The number of methoxy groups -OCH3 is 1. The van der Waals surface area contributed by atoms with Crippen molar-refractivity contribution in [3.05, 3.63) is 90.5 Å². The Hall–Kier alpha value is -2.96. The summed E-state index contributed by atoms with van der Waals surface area (Å²) in [5.74, 6) is -0.675. The van der Waals surface area contributed by atoms with Crippen LogP contribution in [0, 0.1) is 0 Å². The van der Waals surface area contributed by atoms with Crippen LogP contribution in [0.1, 0.15) is 11.6 Å². The van der Waals surface area contributed by atoms with E-state index in [-0.39, 0.29) is 4.90 Å². The molecule has 0 aliphatic rings. The number of sulfonamides is 1. The number of hydrogen-bond donors (Lipinski definition) is 1. The molecule has 0 fully saturated rings. The van der Waals surface area contributed by atoms with E-state index in [2.05, 4.69) is 4.72 Å². The van der Waals surface area contributed by atoms with Gasteiger partial charge >= 0.3 is 5.97 Å². The third kappa shape index (κ3) is 4.42. The fourth-order valence-electron chi connectivity index (χ4n) is 2.70. The van der Waals surface area contributed by atoms with Gasteiger partial charge in [-0.05, 0) is 28.8 Å². The Kier molecular flexibility index (Phi) is 5.69. The van der Waals surface area contributed by atoms with E-state index in [1.807, 2.05) is 30.3 Å². The van der Waals surface area contributed by atoms with Crippen molar-refractivity contribution in [1.29, 1.82) is 0 Å². The average Bonchev–Trinajstić information content (AvgIpc) is 2.73. The van der Waals surface area contributed by atoms with Gasteiger partial charge in [0.25, 0.3) is 0 Å². The van der Waals surface area contributed by atoms with Gasteiger partial charge in [0.1, 0.15) is 6.04 Å². The molecule has 0 aliphatic heterocycles. The van der Waals surface area contributed by atoms with Crippen molar-refractivity contribution in [2.24, 2.45) is 0 Å². The van der Waals surface area contributed by atoms with E-state index >= 15 is 0 Å². The molecule has 27 heavy (non-hydrogen) atoms. The zero-order chi connectivity index (χ0) is 19.3. The Morgan fingerprint density at radius 1 is 0.815 bits per heavy atom. The van der Waals surface area contributed by atoms with Gasteiger partial charge in [-0.3, -0.25) is 0 Å². The van der Waals surface area contributed by atoms with E-state index in [0.717, 1.165) is 11.1 Å². The standard InChI is InChI=1S/C21H19NO4S/c1-26-21(23)20(18-10-6-3-7-11-18)22-27(24,25)19-14-12-17(13-15-19)16-8-4-2-5-9-16/h2-15,20,22H,1H3. The molecule has 0 aliphatic carbocycles. The second-order valence-electron chi connectivity index (χ2n) is 5.88. The molecule has 0 amide bonds. The molecule has 0 saturated heterocycles. The summed E-state index contributed by atoms with van der Waals surface area (Å²) in [5.41, 5.74) is 2.40. The number of ether oxygens (including phenoxy) is 1. The summed E-state index contributed by atoms with van der Waals surface area (Å²) in [6.45, 7) is 0. The number of benzene rings is 3. The van der Waals surface area contributed by atoms with E-state index in [0.29, 0.717) is 5.56 Å². The monoisotopic (exact) mass is 381 g/mol. The minimum atomic E-state index is -3.91. The number of esters is 1. The van der Waals surface area contributed by atoms with Crippen LogP contribution >= 0.6 is 0 Å². The largest absolute Gasteiger partial charge is 0.468 e. The molecule has 3 aromatic rings. The van der Waals surface area contributed by atoms with Crippen LogP contribution in [-0.2, 0) is 19.6 Å². The highest BCUT2D eigenvalue weighted by Crippen LogP contribution is 2.23. The summed E-state index contributed by atoms with van der Waals surface area (Å²) in [6, 6.07) is 23.6. The van der Waals surface area contributed by atoms with E-state index in [1.165, 1.54) is 19.2 Å². The molecular weight excluding hydrogens is 362 g/mol. The van der Waals surface area contributed by atoms with Crippen LogP contribution in [0.5, 0.6) is 0 Å². The minimum absolute atomic E-state index is 0.0759. The van der Waals surface area contributed by atoms with Gasteiger partial charge < -0.3 is 4.74 Å². The van der Waals surface area contributed by atoms with E-state index in [9.17, 15) is 13.2 Å². The molecule has 0 heterocycles. The summed E-state index contributed by atoms with van der Waals surface area (Å²) in [6.07, 6.45) is 0. The Morgan fingerprint density at radius 2 is 1.33 bits per heavy atom. The lowest BCUT2D eigenvalue weighted by molar-refractivity contribution is -0.142. The highest BCUT2D eigenvalue weighted by atomic mass is 32.2. The van der Waals surface area contributed by atoms with Gasteiger partial charge in [-0.2, -0.15) is 4.72 Å². The van der Waals surface area contributed by atoms with Gasteiger partial charge in [-0.15, -0.1) is 0 Å². The first kappa shape index (κ1) is 18.8. The maximum Gasteiger partial charge on any atom is 0.328 e. The number of hydrogen-bond acceptors (Lipinski definition) is 4. The van der Waals surface area contributed by atoms with Crippen LogP contribution in [0.25, 0.3) is 11.1 Å². The smallest absolute Gasteiger partial charge is 0.328 e. The minimum Gasteiger partial charge on any atom is -0.468 e. The summed E-state index contributed by atoms with van der Waals surface area (Å²) in [7, 11) is -2.69. The third-order valence-electron chi connectivity index (χ3n) is 4.11. The zero-order valence-electron chi connectivity index (χ0n) is 14.7. The molecule has 5 nitrogen and oxygen atoms in total. The molecule has 1 N–H and O–H groups in total. The first-order valence-electron chi connectivity index (χ1n) is 8.32. The quantitative estimate of drug-likeness (QED) is 0.663. The summed E-state index contributed by atoms with van der Waals surface area (Å²) in [5, 5.41) is 0. The summed E-state index contributed by atoms with van der Waals surface area (Å²) in [4.78, 5) is 12.2. The van der Waals surface area contributed by atoms with E-state index < -0.39 is 22.0 Å². The normalized spacial score (nSPS) is 12.3. The molecule has 0 radical (unpaired) electrons. The Balaban J connectivity index is 1.87. The van der Waals surface area contributed by atoms with Gasteiger partial charge in [0.05, 0.1) is 12.0 Å². The molecule has 0 saturated carbocycles. The van der Waals surface area contributed by atoms with Crippen molar-refractivity contribution < 1.29 is 17.9 Å². The van der Waals surface area contributed by atoms with Crippen molar-refractivity contribution >= 4 is 16.0 Å². The summed E-state index contributed by atoms with van der Waals surface area (Å²) < 4.78 is 32.7. The van der Waals surface area contributed by atoms with Crippen LogP contribution in [0.15, 0.2) is 89.8 Å². The molecule has 1 unspecified atom stereocenters. The van der Waals surface area contributed by atoms with Crippen molar-refractivity contribution in [2.75, 3.05) is 7.11 Å². The molecule has 6 heteroatoms. The summed E-state index contributed by atoms with van der Waals surface area (Å²) >= 11 is 0. The number of rotatable bonds is 6. The Labute approximate surface area is 158 Å². The first-order chi connectivity index (χ1) is 13.0. The fourth-order valence-corrected chi connectivity index (χ4v) is 3.87. The first-order valence-corrected chi connectivity index (χ1v) is 9.80. The van der Waals surface area contributed by atoms with Gasteiger partial charge in [0, 0.05) is 0 Å². The van der Waals surface area contributed by atoms with Crippen LogP contribution < -0.4 is 4.72 Å². The maximum atomic E-state index is 12.8. The molecular formula is C21H19NO4S. The Bertz CT molecular complexity index is 1000. The van der Waals surface area contributed by atoms with Crippen molar-refractivity contribution in [3.63, 3.8) is 0 Å². The molecule has 0 bridgehead atoms. The molecule has 1 atom stereocenters. The fraction of sp³-hybridized carbons (Fsp3) is 0.0952. The molecule has 0 aromatic heterocycles. The number of carbonyl (C=O) groups is 1. The van der Waals surface area contributed by atoms with Crippen molar-refractivity contribution in [2.45, 2.75) is 10.9 Å². The molecule has 3 aromatic carbocycles. The van der Waals surface area contributed by atoms with Gasteiger partial charge in [-0.1, -0.05) is 72.8 Å². The van der Waals surface area contributed by atoms with Crippen LogP contribution in [0.2, 0.25) is 0 Å². The second-order valence-corrected chi connectivity index (χ2v) is 7.59. The maximum absolute atomic E-state index is 12.8. The molecule has 3 rings (SSSR count). The highest BCUT2D eigenvalue weighted by Gasteiger charge is 2.27. The van der Waals surface area contributed by atoms with Gasteiger partial charge in [-0.25, -0.2) is 13.2 Å².